The third-order valence-corrected chi connectivity index (χ3v) is 4.07. The molecule has 1 aromatic carbocycles. The molecule has 2 nitrogen and oxygen atoms in total. The molecule has 0 heterocycles. The molecule has 0 aliphatic heterocycles. The van der Waals surface area contributed by atoms with Crippen molar-refractivity contribution in [2.45, 2.75) is 31.8 Å². The number of halogens is 2. The summed E-state index contributed by atoms with van der Waals surface area (Å²) in [5.74, 6) is 1.54. The minimum atomic E-state index is -0.220. The molecule has 1 aromatic rings. The fraction of sp³-hybridized carbons (Fsp3) is 0.571. The van der Waals surface area contributed by atoms with Crippen LogP contribution in [-0.2, 0) is 6.54 Å². The van der Waals surface area contributed by atoms with Crippen molar-refractivity contribution in [3.63, 3.8) is 0 Å². The Kier molecular flexibility index (Phi) is 4.84. The van der Waals surface area contributed by atoms with Crippen molar-refractivity contribution in [2.75, 3.05) is 13.0 Å². The van der Waals surface area contributed by atoms with Gasteiger partial charge in [0.05, 0.1) is 7.11 Å². The number of benzene rings is 1. The lowest BCUT2D eigenvalue weighted by atomic mass is 10.1. The third kappa shape index (κ3) is 3.15. The molecular weight excluding hydrogens is 253 g/mol. The Balaban J connectivity index is 1.93. The SMILES string of the molecule is COc1ccc(CNC2CCCC2CCl)c(F)c1. The Labute approximate surface area is 112 Å². The van der Waals surface area contributed by atoms with Gasteiger partial charge in [-0.05, 0) is 24.8 Å². The van der Waals surface area contributed by atoms with Crippen LogP contribution in [0.2, 0.25) is 0 Å². The Morgan fingerprint density at radius 3 is 2.94 bits per heavy atom. The summed E-state index contributed by atoms with van der Waals surface area (Å²) in [6, 6.07) is 5.40. The van der Waals surface area contributed by atoms with E-state index in [9.17, 15) is 4.39 Å². The summed E-state index contributed by atoms with van der Waals surface area (Å²) in [5.41, 5.74) is 0.677. The zero-order valence-electron chi connectivity index (χ0n) is 10.6. The van der Waals surface area contributed by atoms with Gasteiger partial charge in [-0.25, -0.2) is 4.39 Å². The molecule has 1 aliphatic carbocycles. The second-order valence-corrected chi connectivity index (χ2v) is 5.10. The second kappa shape index (κ2) is 6.39. The number of hydrogen-bond acceptors (Lipinski definition) is 2. The first-order chi connectivity index (χ1) is 8.74. The first kappa shape index (κ1) is 13.6. The molecule has 100 valence electrons. The van der Waals surface area contributed by atoms with Crippen molar-refractivity contribution in [3.8, 4) is 5.75 Å². The van der Waals surface area contributed by atoms with E-state index < -0.39 is 0 Å². The lowest BCUT2D eigenvalue weighted by molar-refractivity contribution is 0.407. The van der Waals surface area contributed by atoms with Crippen molar-refractivity contribution in [1.29, 1.82) is 0 Å². The molecule has 0 aromatic heterocycles. The number of ether oxygens (including phenoxy) is 1. The summed E-state index contributed by atoms with van der Waals surface area (Å²) in [6.07, 6.45) is 3.52. The number of alkyl halides is 1. The Morgan fingerprint density at radius 2 is 2.28 bits per heavy atom. The second-order valence-electron chi connectivity index (χ2n) is 4.79. The number of nitrogens with one attached hydrogen (secondary N) is 1. The van der Waals surface area contributed by atoms with Gasteiger partial charge in [0, 0.05) is 30.1 Å². The van der Waals surface area contributed by atoms with Gasteiger partial charge in [0.1, 0.15) is 11.6 Å². The molecule has 0 radical (unpaired) electrons. The van der Waals surface area contributed by atoms with Crippen LogP contribution in [0.3, 0.4) is 0 Å². The molecule has 0 saturated heterocycles. The monoisotopic (exact) mass is 271 g/mol. The van der Waals surface area contributed by atoms with Crippen LogP contribution >= 0.6 is 11.6 Å². The van der Waals surface area contributed by atoms with E-state index in [0.717, 1.165) is 6.42 Å². The van der Waals surface area contributed by atoms with E-state index in [1.54, 1.807) is 12.1 Å². The quantitative estimate of drug-likeness (QED) is 0.830. The topological polar surface area (TPSA) is 21.3 Å². The summed E-state index contributed by atoms with van der Waals surface area (Å²) in [6.45, 7) is 0.549. The fourth-order valence-electron chi connectivity index (χ4n) is 2.53. The largest absolute Gasteiger partial charge is 0.497 e. The van der Waals surface area contributed by atoms with E-state index in [2.05, 4.69) is 5.32 Å². The highest BCUT2D eigenvalue weighted by Gasteiger charge is 2.25. The molecule has 0 spiro atoms. The predicted molar refractivity (Wildman–Crippen MR) is 71.6 cm³/mol. The summed E-state index contributed by atoms with van der Waals surface area (Å²) in [7, 11) is 1.54. The molecular formula is C14H19ClFNO. The molecule has 1 aliphatic rings. The Hall–Kier alpha value is -0.800. The molecule has 0 amide bonds. The first-order valence-electron chi connectivity index (χ1n) is 6.36. The van der Waals surface area contributed by atoms with Crippen LogP contribution in [0.25, 0.3) is 0 Å². The molecule has 2 rings (SSSR count). The van der Waals surface area contributed by atoms with E-state index in [-0.39, 0.29) is 5.82 Å². The van der Waals surface area contributed by atoms with Crippen molar-refractivity contribution >= 4 is 11.6 Å². The standard InChI is InChI=1S/C14H19ClFNO/c1-18-12-6-5-11(13(16)7-12)9-17-14-4-2-3-10(14)8-15/h5-7,10,14,17H,2-4,8-9H2,1H3. The maximum Gasteiger partial charge on any atom is 0.131 e. The maximum absolute atomic E-state index is 13.7. The zero-order chi connectivity index (χ0) is 13.0. The van der Waals surface area contributed by atoms with E-state index in [4.69, 9.17) is 16.3 Å². The molecule has 1 saturated carbocycles. The summed E-state index contributed by atoms with van der Waals surface area (Å²) < 4.78 is 18.7. The summed E-state index contributed by atoms with van der Waals surface area (Å²) in [5, 5.41) is 3.41. The third-order valence-electron chi connectivity index (χ3n) is 3.67. The lowest BCUT2D eigenvalue weighted by Gasteiger charge is -2.19. The minimum absolute atomic E-state index is 0.220. The molecule has 1 fully saturated rings. The Morgan fingerprint density at radius 1 is 1.44 bits per heavy atom. The van der Waals surface area contributed by atoms with Gasteiger partial charge in [-0.2, -0.15) is 0 Å². The highest BCUT2D eigenvalue weighted by Crippen LogP contribution is 2.27. The molecule has 2 unspecified atom stereocenters. The molecule has 1 N–H and O–H groups in total. The van der Waals surface area contributed by atoms with Gasteiger partial charge < -0.3 is 10.1 Å². The van der Waals surface area contributed by atoms with Crippen molar-refractivity contribution in [1.82, 2.24) is 5.32 Å². The molecule has 0 bridgehead atoms. The fourth-order valence-corrected chi connectivity index (χ4v) is 2.90. The number of hydrogen-bond donors (Lipinski definition) is 1. The first-order valence-corrected chi connectivity index (χ1v) is 6.90. The van der Waals surface area contributed by atoms with E-state index >= 15 is 0 Å². The van der Waals surface area contributed by atoms with Gasteiger partial charge in [-0.15, -0.1) is 11.6 Å². The van der Waals surface area contributed by atoms with Crippen LogP contribution in [0.5, 0.6) is 5.75 Å². The number of rotatable bonds is 5. The van der Waals surface area contributed by atoms with Crippen molar-refractivity contribution < 1.29 is 9.13 Å². The van der Waals surface area contributed by atoms with Crippen LogP contribution in [0.15, 0.2) is 18.2 Å². The average Bonchev–Trinajstić information content (AvgIpc) is 2.84. The summed E-state index contributed by atoms with van der Waals surface area (Å²) >= 11 is 5.92. The Bertz CT molecular complexity index is 399. The smallest absolute Gasteiger partial charge is 0.131 e. The normalized spacial score (nSPS) is 23.3. The molecule has 4 heteroatoms. The van der Waals surface area contributed by atoms with Crippen molar-refractivity contribution in [2.24, 2.45) is 5.92 Å². The predicted octanol–water partition coefficient (Wildman–Crippen LogP) is 3.33. The van der Waals surface area contributed by atoms with Gasteiger partial charge in [-0.1, -0.05) is 12.5 Å². The van der Waals surface area contributed by atoms with Gasteiger partial charge in [-0.3, -0.25) is 0 Å². The van der Waals surface area contributed by atoms with E-state index in [1.807, 2.05) is 0 Å². The highest BCUT2D eigenvalue weighted by atomic mass is 35.5. The van der Waals surface area contributed by atoms with Crippen LogP contribution in [0.4, 0.5) is 4.39 Å². The number of methoxy groups -OCH3 is 1. The van der Waals surface area contributed by atoms with Crippen LogP contribution in [-0.4, -0.2) is 19.0 Å². The van der Waals surface area contributed by atoms with Gasteiger partial charge in [0.2, 0.25) is 0 Å². The van der Waals surface area contributed by atoms with Crippen LogP contribution < -0.4 is 10.1 Å². The van der Waals surface area contributed by atoms with E-state index in [0.29, 0.717) is 35.7 Å². The minimum Gasteiger partial charge on any atom is -0.497 e. The van der Waals surface area contributed by atoms with Gasteiger partial charge in [0.15, 0.2) is 0 Å². The van der Waals surface area contributed by atoms with Crippen molar-refractivity contribution in [3.05, 3.63) is 29.6 Å². The average molecular weight is 272 g/mol. The lowest BCUT2D eigenvalue weighted by Crippen LogP contribution is -2.32. The molecule has 2 atom stereocenters. The van der Waals surface area contributed by atoms with Gasteiger partial charge >= 0.3 is 0 Å². The molecule has 18 heavy (non-hydrogen) atoms. The highest BCUT2D eigenvalue weighted by molar-refractivity contribution is 6.18. The van der Waals surface area contributed by atoms with Crippen LogP contribution in [0.1, 0.15) is 24.8 Å². The zero-order valence-corrected chi connectivity index (χ0v) is 11.3. The summed E-state index contributed by atoms with van der Waals surface area (Å²) in [4.78, 5) is 0. The van der Waals surface area contributed by atoms with Gasteiger partial charge in [0.25, 0.3) is 0 Å². The van der Waals surface area contributed by atoms with E-state index in [1.165, 1.54) is 26.0 Å². The maximum atomic E-state index is 13.7. The van der Waals surface area contributed by atoms with Crippen LogP contribution in [0, 0.1) is 11.7 Å².